The number of carbonyl (C=O) groups excluding carboxylic acids is 1. The van der Waals surface area contributed by atoms with Crippen molar-refractivity contribution in [2.24, 2.45) is 0 Å². The van der Waals surface area contributed by atoms with E-state index >= 15 is 0 Å². The number of carbonyl (C=O) groups is 1. The van der Waals surface area contributed by atoms with Gasteiger partial charge in [-0.3, -0.25) is 4.79 Å². The van der Waals surface area contributed by atoms with E-state index in [-0.39, 0.29) is 0 Å². The molecule has 3 heteroatoms. The molecular formula is C9H8N2O. The van der Waals surface area contributed by atoms with Crippen molar-refractivity contribution in [3.63, 3.8) is 0 Å². The quantitative estimate of drug-likeness (QED) is 0.646. The van der Waals surface area contributed by atoms with Crippen LogP contribution in [0.5, 0.6) is 0 Å². The van der Waals surface area contributed by atoms with Crippen molar-refractivity contribution in [1.82, 2.24) is 4.98 Å². The molecule has 1 heterocycles. The molecule has 0 fully saturated rings. The van der Waals surface area contributed by atoms with Crippen LogP contribution in [0.15, 0.2) is 30.5 Å². The highest BCUT2D eigenvalue weighted by atomic mass is 16.1. The van der Waals surface area contributed by atoms with Crippen LogP contribution in [0.2, 0.25) is 0 Å². The van der Waals surface area contributed by atoms with Crippen molar-refractivity contribution in [1.29, 1.82) is 0 Å². The third-order valence-corrected chi connectivity index (χ3v) is 1.81. The molecule has 0 spiro atoms. The first-order valence-electron chi connectivity index (χ1n) is 3.68. The van der Waals surface area contributed by atoms with Crippen LogP contribution in [-0.4, -0.2) is 11.4 Å². The molecule has 1 amide bonds. The smallest absolute Gasteiger partial charge is 0.211 e. The van der Waals surface area contributed by atoms with Crippen LogP contribution in [0.25, 0.3) is 10.9 Å². The number of anilines is 1. The number of hydrogen-bond acceptors (Lipinski definition) is 1. The van der Waals surface area contributed by atoms with E-state index in [1.807, 2.05) is 30.5 Å². The summed E-state index contributed by atoms with van der Waals surface area (Å²) in [5.74, 6) is 0. The predicted molar refractivity (Wildman–Crippen MR) is 48.0 cm³/mol. The summed E-state index contributed by atoms with van der Waals surface area (Å²) in [6.45, 7) is 0. The SMILES string of the molecule is O=CNc1cccc2[nH]ccc12. The van der Waals surface area contributed by atoms with Crippen LogP contribution in [-0.2, 0) is 4.79 Å². The molecule has 0 aliphatic rings. The highest BCUT2D eigenvalue weighted by Gasteiger charge is 1.98. The molecular weight excluding hydrogens is 152 g/mol. The van der Waals surface area contributed by atoms with Gasteiger partial charge in [-0.25, -0.2) is 0 Å². The Morgan fingerprint density at radius 2 is 2.25 bits per heavy atom. The Labute approximate surface area is 69.4 Å². The number of hydrogen-bond donors (Lipinski definition) is 2. The van der Waals surface area contributed by atoms with E-state index in [0.29, 0.717) is 6.41 Å². The van der Waals surface area contributed by atoms with Gasteiger partial charge in [-0.1, -0.05) is 6.07 Å². The highest BCUT2D eigenvalue weighted by Crippen LogP contribution is 2.21. The van der Waals surface area contributed by atoms with Crippen LogP contribution >= 0.6 is 0 Å². The van der Waals surface area contributed by atoms with E-state index < -0.39 is 0 Å². The monoisotopic (exact) mass is 160 g/mol. The summed E-state index contributed by atoms with van der Waals surface area (Å²) in [5, 5.41) is 3.67. The topological polar surface area (TPSA) is 44.9 Å². The second-order valence-corrected chi connectivity index (χ2v) is 2.51. The number of benzene rings is 1. The molecule has 0 unspecified atom stereocenters. The van der Waals surface area contributed by atoms with Crippen molar-refractivity contribution in [2.75, 3.05) is 5.32 Å². The normalized spacial score (nSPS) is 10.0. The number of nitrogens with one attached hydrogen (secondary N) is 2. The molecule has 0 saturated heterocycles. The Bertz CT molecular complexity index is 406. The summed E-state index contributed by atoms with van der Waals surface area (Å²) in [5.41, 5.74) is 1.87. The van der Waals surface area contributed by atoms with Gasteiger partial charge < -0.3 is 10.3 Å². The van der Waals surface area contributed by atoms with Gasteiger partial charge in [0.1, 0.15) is 0 Å². The molecule has 0 aliphatic heterocycles. The van der Waals surface area contributed by atoms with Crippen LogP contribution in [0, 0.1) is 0 Å². The zero-order chi connectivity index (χ0) is 8.39. The van der Waals surface area contributed by atoms with Crippen LogP contribution < -0.4 is 5.32 Å². The zero-order valence-electron chi connectivity index (χ0n) is 6.37. The van der Waals surface area contributed by atoms with Gasteiger partial charge >= 0.3 is 0 Å². The maximum atomic E-state index is 10.2. The van der Waals surface area contributed by atoms with Crippen molar-refractivity contribution in [2.45, 2.75) is 0 Å². The minimum absolute atomic E-state index is 0.682. The van der Waals surface area contributed by atoms with Crippen LogP contribution in [0.1, 0.15) is 0 Å². The molecule has 0 atom stereocenters. The molecule has 3 nitrogen and oxygen atoms in total. The molecule has 60 valence electrons. The zero-order valence-corrected chi connectivity index (χ0v) is 6.37. The first-order valence-corrected chi connectivity index (χ1v) is 3.68. The Kier molecular flexibility index (Phi) is 1.55. The molecule has 0 radical (unpaired) electrons. The molecule has 2 aromatic rings. The maximum absolute atomic E-state index is 10.2. The molecule has 2 rings (SSSR count). The lowest BCUT2D eigenvalue weighted by Gasteiger charge is -1.98. The fraction of sp³-hybridized carbons (Fsp3) is 0. The fourth-order valence-electron chi connectivity index (χ4n) is 1.27. The molecule has 0 saturated carbocycles. The minimum atomic E-state index is 0.682. The summed E-state index contributed by atoms with van der Waals surface area (Å²) in [4.78, 5) is 13.3. The van der Waals surface area contributed by atoms with E-state index in [4.69, 9.17) is 0 Å². The average molecular weight is 160 g/mol. The van der Waals surface area contributed by atoms with Gasteiger partial charge in [-0.15, -0.1) is 0 Å². The number of fused-ring (bicyclic) bond motifs is 1. The van der Waals surface area contributed by atoms with Crippen LogP contribution in [0.4, 0.5) is 5.69 Å². The summed E-state index contributed by atoms with van der Waals surface area (Å²) in [6, 6.07) is 7.65. The third kappa shape index (κ3) is 0.955. The summed E-state index contributed by atoms with van der Waals surface area (Å²) in [7, 11) is 0. The van der Waals surface area contributed by atoms with Crippen molar-refractivity contribution < 1.29 is 4.79 Å². The second kappa shape index (κ2) is 2.70. The molecule has 2 N–H and O–H groups in total. The third-order valence-electron chi connectivity index (χ3n) is 1.81. The van der Waals surface area contributed by atoms with E-state index in [1.165, 1.54) is 0 Å². The molecule has 0 bridgehead atoms. The minimum Gasteiger partial charge on any atom is -0.361 e. The summed E-state index contributed by atoms with van der Waals surface area (Å²) in [6.07, 6.45) is 2.53. The van der Waals surface area contributed by atoms with E-state index in [9.17, 15) is 4.79 Å². The van der Waals surface area contributed by atoms with Gasteiger partial charge in [0.05, 0.1) is 0 Å². The van der Waals surface area contributed by atoms with Gasteiger partial charge in [0, 0.05) is 22.8 Å². The highest BCUT2D eigenvalue weighted by molar-refractivity contribution is 5.95. The number of H-pyrrole nitrogens is 1. The Morgan fingerprint density at radius 1 is 1.33 bits per heavy atom. The standard InChI is InChI=1S/C9H8N2O/c12-6-11-9-3-1-2-8-7(9)4-5-10-8/h1-6,10H,(H,11,12). The predicted octanol–water partition coefficient (Wildman–Crippen LogP) is 1.74. The molecule has 12 heavy (non-hydrogen) atoms. The first kappa shape index (κ1) is 6.91. The van der Waals surface area contributed by atoms with E-state index in [1.54, 1.807) is 0 Å². The van der Waals surface area contributed by atoms with E-state index in [2.05, 4.69) is 10.3 Å². The van der Waals surface area contributed by atoms with Crippen LogP contribution in [0.3, 0.4) is 0 Å². The largest absolute Gasteiger partial charge is 0.361 e. The summed E-state index contributed by atoms with van der Waals surface area (Å²) >= 11 is 0. The summed E-state index contributed by atoms with van der Waals surface area (Å²) < 4.78 is 0. The van der Waals surface area contributed by atoms with Gasteiger partial charge in [0.15, 0.2) is 0 Å². The number of amides is 1. The fourth-order valence-corrected chi connectivity index (χ4v) is 1.27. The molecule has 0 aliphatic carbocycles. The first-order chi connectivity index (χ1) is 5.92. The lowest BCUT2D eigenvalue weighted by molar-refractivity contribution is -0.105. The Balaban J connectivity index is 2.65. The van der Waals surface area contributed by atoms with Crippen molar-refractivity contribution >= 4 is 23.0 Å². The van der Waals surface area contributed by atoms with Gasteiger partial charge in [0.2, 0.25) is 6.41 Å². The average Bonchev–Trinajstić information content (AvgIpc) is 2.53. The number of rotatable bonds is 2. The van der Waals surface area contributed by atoms with Crippen molar-refractivity contribution in [3.8, 4) is 0 Å². The Hall–Kier alpha value is -1.77. The second-order valence-electron chi connectivity index (χ2n) is 2.51. The maximum Gasteiger partial charge on any atom is 0.211 e. The van der Waals surface area contributed by atoms with Crippen molar-refractivity contribution in [3.05, 3.63) is 30.5 Å². The van der Waals surface area contributed by atoms with E-state index in [0.717, 1.165) is 16.6 Å². The molecule has 1 aromatic carbocycles. The number of aromatic nitrogens is 1. The van der Waals surface area contributed by atoms with Gasteiger partial charge in [-0.05, 0) is 18.2 Å². The van der Waals surface area contributed by atoms with Gasteiger partial charge in [-0.2, -0.15) is 0 Å². The van der Waals surface area contributed by atoms with Gasteiger partial charge in [0.25, 0.3) is 0 Å². The number of aromatic amines is 1. The lowest BCUT2D eigenvalue weighted by atomic mass is 10.2. The molecule has 1 aromatic heterocycles. The Morgan fingerprint density at radius 3 is 3.08 bits per heavy atom. The lowest BCUT2D eigenvalue weighted by Crippen LogP contribution is -1.93.